The lowest BCUT2D eigenvalue weighted by atomic mass is 9.58. The van der Waals surface area contributed by atoms with Crippen molar-refractivity contribution in [3.63, 3.8) is 0 Å². The van der Waals surface area contributed by atoms with Crippen LogP contribution in [-0.2, 0) is 16.0 Å². The van der Waals surface area contributed by atoms with Gasteiger partial charge in [-0.2, -0.15) is 0 Å². The fourth-order valence-electron chi connectivity index (χ4n) is 6.23. The van der Waals surface area contributed by atoms with Gasteiger partial charge in [-0.25, -0.2) is 0 Å². The predicted octanol–water partition coefficient (Wildman–Crippen LogP) is 1.37. The van der Waals surface area contributed by atoms with E-state index >= 15 is 0 Å². The lowest BCUT2D eigenvalue weighted by molar-refractivity contribution is -0.148. The van der Waals surface area contributed by atoms with Crippen LogP contribution < -0.4 is 11.5 Å². The number of phenols is 1. The number of benzene rings is 2. The molecule has 192 valence electrons. The molecule has 0 bridgehead atoms. The van der Waals surface area contributed by atoms with Gasteiger partial charge in [0, 0.05) is 17.2 Å². The van der Waals surface area contributed by atoms with Gasteiger partial charge in [0.05, 0.1) is 11.6 Å². The number of carbonyl (C=O) groups is 3. The normalized spacial score (nSPS) is 27.2. The molecule has 0 fully saturated rings. The third-order valence-electron chi connectivity index (χ3n) is 7.80. The summed E-state index contributed by atoms with van der Waals surface area (Å²) in [5.41, 5.74) is 10.1. The molecule has 8 N–H and O–H groups in total. The van der Waals surface area contributed by atoms with Gasteiger partial charge >= 0.3 is 0 Å². The number of rotatable bonds is 3. The number of likely N-dealkylation sites (N-methyl/N-ethyl adjacent to an activating group) is 1. The van der Waals surface area contributed by atoms with Crippen LogP contribution >= 0.6 is 0 Å². The van der Waals surface area contributed by atoms with Gasteiger partial charge in [-0.1, -0.05) is 18.2 Å². The number of primary amides is 1. The molecule has 3 aliphatic rings. The van der Waals surface area contributed by atoms with Gasteiger partial charge in [0.25, 0.3) is 5.91 Å². The first-order valence-corrected chi connectivity index (χ1v) is 11.7. The number of amides is 1. The van der Waals surface area contributed by atoms with E-state index in [1.54, 1.807) is 38.4 Å². The standard InChI is InChI=1S/C27H27N3O7/c1-30(2)21-16-10-12-9-15-14(11-4-3-5-13(28)8-11)6-7-17(31)19(15)22(32)18(12)24(34)27(16,37)25(35)20(23(21)33)26(29)36/h3-8,12,16,21,31,33-34,37H,9-10,28H2,1-2H3,(H2,29,36)/t12-,16+,21+,27+/m0/s1. The third-order valence-corrected chi connectivity index (χ3v) is 7.80. The van der Waals surface area contributed by atoms with Gasteiger partial charge < -0.3 is 31.9 Å². The number of anilines is 1. The van der Waals surface area contributed by atoms with Gasteiger partial charge in [0.2, 0.25) is 5.78 Å². The number of phenolic OH excluding ortho intramolecular Hbond substituents is 1. The zero-order valence-electron chi connectivity index (χ0n) is 20.2. The molecular weight excluding hydrogens is 478 g/mol. The maximum absolute atomic E-state index is 13.8. The number of aromatic hydroxyl groups is 1. The highest BCUT2D eigenvalue weighted by Crippen LogP contribution is 2.53. The van der Waals surface area contributed by atoms with E-state index in [9.17, 15) is 34.8 Å². The fraction of sp³-hybridized carbons (Fsp3) is 0.296. The Balaban J connectivity index is 1.73. The summed E-state index contributed by atoms with van der Waals surface area (Å²) < 4.78 is 0. The van der Waals surface area contributed by atoms with Crippen LogP contribution in [0.1, 0.15) is 22.3 Å². The first-order valence-electron chi connectivity index (χ1n) is 11.7. The second-order valence-electron chi connectivity index (χ2n) is 10.1. The van der Waals surface area contributed by atoms with Crippen LogP contribution in [0.5, 0.6) is 5.75 Å². The van der Waals surface area contributed by atoms with Crippen LogP contribution in [0.25, 0.3) is 11.1 Å². The summed E-state index contributed by atoms with van der Waals surface area (Å²) in [6.07, 6.45) is 0.227. The van der Waals surface area contributed by atoms with E-state index in [0.717, 1.165) is 5.56 Å². The topological polar surface area (TPSA) is 187 Å². The van der Waals surface area contributed by atoms with E-state index < -0.39 is 58.0 Å². The number of nitrogens with zero attached hydrogens (tertiary/aromatic N) is 1. The summed E-state index contributed by atoms with van der Waals surface area (Å²) >= 11 is 0. The van der Waals surface area contributed by atoms with Crippen molar-refractivity contribution in [2.75, 3.05) is 19.8 Å². The van der Waals surface area contributed by atoms with Crippen LogP contribution in [0.4, 0.5) is 5.69 Å². The molecular formula is C27H27N3O7. The van der Waals surface area contributed by atoms with Gasteiger partial charge in [-0.05, 0) is 67.7 Å². The number of carbonyl (C=O) groups excluding carboxylic acids is 3. The van der Waals surface area contributed by atoms with Crippen LogP contribution in [-0.4, -0.2) is 68.5 Å². The van der Waals surface area contributed by atoms with Gasteiger partial charge in [-0.3, -0.25) is 19.3 Å². The Kier molecular flexibility index (Phi) is 5.43. The average molecular weight is 506 g/mol. The Hall–Kier alpha value is -4.15. The lowest BCUT2D eigenvalue weighted by Crippen LogP contribution is -2.63. The number of Topliss-reactive ketones (excluding diaryl/α,β-unsaturated/α-hetero) is 2. The summed E-state index contributed by atoms with van der Waals surface area (Å²) in [6.45, 7) is 0. The van der Waals surface area contributed by atoms with E-state index in [2.05, 4.69) is 0 Å². The SMILES string of the molecule is CN(C)[C@H]1C(O)=C(C(N)=O)C(=O)[C@]2(O)C(O)=C3C(=O)c4c(O)ccc(-c5cccc(N)c5)c4C[C@H]3C[C@H]12. The highest BCUT2D eigenvalue weighted by molar-refractivity contribution is 6.24. The number of fused-ring (bicyclic) bond motifs is 3. The largest absolute Gasteiger partial charge is 0.510 e. The molecule has 37 heavy (non-hydrogen) atoms. The second-order valence-corrected chi connectivity index (χ2v) is 10.1. The first kappa shape index (κ1) is 24.5. The maximum atomic E-state index is 13.8. The lowest BCUT2D eigenvalue weighted by Gasteiger charge is -2.50. The summed E-state index contributed by atoms with van der Waals surface area (Å²) in [5.74, 6) is -6.77. The highest BCUT2D eigenvalue weighted by atomic mass is 16.3. The van der Waals surface area contributed by atoms with Crippen molar-refractivity contribution < 1.29 is 34.8 Å². The summed E-state index contributed by atoms with van der Waals surface area (Å²) in [4.78, 5) is 40.7. The van der Waals surface area contributed by atoms with Crippen molar-refractivity contribution in [1.29, 1.82) is 0 Å². The Morgan fingerprint density at radius 2 is 1.81 bits per heavy atom. The van der Waals surface area contributed by atoms with E-state index in [1.807, 2.05) is 6.07 Å². The molecule has 2 aromatic carbocycles. The Morgan fingerprint density at radius 3 is 2.43 bits per heavy atom. The molecule has 0 saturated heterocycles. The maximum Gasteiger partial charge on any atom is 0.255 e. The number of hydrogen-bond acceptors (Lipinski definition) is 9. The average Bonchev–Trinajstić information content (AvgIpc) is 2.81. The minimum atomic E-state index is -2.66. The minimum Gasteiger partial charge on any atom is -0.510 e. The van der Waals surface area contributed by atoms with Crippen LogP contribution in [0.3, 0.4) is 0 Å². The van der Waals surface area contributed by atoms with Gasteiger partial charge in [0.15, 0.2) is 11.4 Å². The van der Waals surface area contributed by atoms with Crippen LogP contribution in [0.15, 0.2) is 59.1 Å². The first-order chi connectivity index (χ1) is 17.4. The Morgan fingerprint density at radius 1 is 1.11 bits per heavy atom. The molecule has 2 aromatic rings. The number of nitrogens with two attached hydrogens (primary N) is 2. The number of hydrogen-bond donors (Lipinski definition) is 6. The summed E-state index contributed by atoms with van der Waals surface area (Å²) in [5, 5.41) is 44.5. The molecule has 10 heteroatoms. The highest BCUT2D eigenvalue weighted by Gasteiger charge is 2.63. The van der Waals surface area contributed by atoms with Crippen molar-refractivity contribution in [3.05, 3.63) is 70.2 Å². The number of ketones is 2. The molecule has 5 rings (SSSR count). The van der Waals surface area contributed by atoms with E-state index in [4.69, 9.17) is 11.5 Å². The fourth-order valence-corrected chi connectivity index (χ4v) is 6.23. The van der Waals surface area contributed by atoms with E-state index in [0.29, 0.717) is 16.8 Å². The van der Waals surface area contributed by atoms with Crippen molar-refractivity contribution >= 4 is 23.2 Å². The molecule has 0 saturated carbocycles. The zero-order chi connectivity index (χ0) is 27.0. The van der Waals surface area contributed by atoms with Gasteiger partial charge in [0.1, 0.15) is 22.8 Å². The summed E-state index contributed by atoms with van der Waals surface area (Å²) in [7, 11) is 3.17. The number of nitrogen functional groups attached to an aromatic ring is 1. The van der Waals surface area contributed by atoms with Crippen molar-refractivity contribution in [2.24, 2.45) is 17.6 Å². The molecule has 4 atom stereocenters. The number of allylic oxidation sites excluding steroid dienone is 1. The Bertz CT molecular complexity index is 1460. The monoisotopic (exact) mass is 505 g/mol. The minimum absolute atomic E-state index is 0.0256. The molecule has 0 aromatic heterocycles. The molecule has 10 nitrogen and oxygen atoms in total. The molecule has 0 heterocycles. The van der Waals surface area contributed by atoms with E-state index in [-0.39, 0.29) is 29.7 Å². The third kappa shape index (κ3) is 3.29. The zero-order valence-corrected chi connectivity index (χ0v) is 20.2. The van der Waals surface area contributed by atoms with Gasteiger partial charge in [-0.15, -0.1) is 0 Å². The summed E-state index contributed by atoms with van der Waals surface area (Å²) in [6, 6.07) is 9.08. The van der Waals surface area contributed by atoms with Crippen molar-refractivity contribution in [1.82, 2.24) is 4.90 Å². The quantitative estimate of drug-likeness (QED) is 0.264. The Labute approximate surface area is 212 Å². The molecule has 0 radical (unpaired) electrons. The second kappa shape index (κ2) is 8.19. The van der Waals surface area contributed by atoms with E-state index in [1.165, 1.54) is 11.0 Å². The molecule has 1 amide bonds. The number of aliphatic hydroxyl groups is 3. The number of aliphatic hydroxyl groups excluding tert-OH is 2. The van der Waals surface area contributed by atoms with Crippen molar-refractivity contribution in [3.8, 4) is 16.9 Å². The predicted molar refractivity (Wildman–Crippen MR) is 134 cm³/mol. The molecule has 0 unspecified atom stereocenters. The smallest absolute Gasteiger partial charge is 0.255 e. The molecule has 0 aliphatic heterocycles. The van der Waals surface area contributed by atoms with Crippen molar-refractivity contribution in [2.45, 2.75) is 24.5 Å². The molecule has 0 spiro atoms. The van der Waals surface area contributed by atoms with Crippen LogP contribution in [0.2, 0.25) is 0 Å². The van der Waals surface area contributed by atoms with Crippen LogP contribution in [0, 0.1) is 11.8 Å². The molecule has 3 aliphatic carbocycles.